The Labute approximate surface area is 172 Å². The topological polar surface area (TPSA) is 188 Å². The molecule has 0 rings (SSSR count). The van der Waals surface area contributed by atoms with E-state index >= 15 is 0 Å². The number of thiol groups is 1. The van der Waals surface area contributed by atoms with Crippen molar-refractivity contribution in [3.63, 3.8) is 0 Å². The highest BCUT2D eigenvalue weighted by Gasteiger charge is 2.28. The van der Waals surface area contributed by atoms with Crippen molar-refractivity contribution in [2.75, 3.05) is 24.3 Å². The van der Waals surface area contributed by atoms with Crippen molar-refractivity contribution in [1.82, 2.24) is 16.0 Å². The summed E-state index contributed by atoms with van der Waals surface area (Å²) in [5, 5.41) is 24.9. The third kappa shape index (κ3) is 10.4. The van der Waals surface area contributed by atoms with E-state index < -0.39 is 60.8 Å². The third-order valence-electron chi connectivity index (χ3n) is 3.52. The number of nitrogens with one attached hydrogen (secondary N) is 3. The molecule has 3 amide bonds. The van der Waals surface area contributed by atoms with Gasteiger partial charge in [-0.1, -0.05) is 0 Å². The minimum absolute atomic E-state index is 0.136. The number of thioether (sulfide) groups is 1. The maximum absolute atomic E-state index is 12.4. The summed E-state index contributed by atoms with van der Waals surface area (Å²) in [5.41, 5.74) is 5.18. The molecule has 11 nitrogen and oxygen atoms in total. The maximum Gasteiger partial charge on any atom is 0.326 e. The van der Waals surface area contributed by atoms with E-state index in [2.05, 4.69) is 28.6 Å². The fraction of sp³-hybridized carbons (Fsp3) is 0.667. The minimum Gasteiger partial charge on any atom is -0.481 e. The van der Waals surface area contributed by atoms with E-state index in [4.69, 9.17) is 10.8 Å². The highest BCUT2D eigenvalue weighted by atomic mass is 32.2. The zero-order valence-corrected chi connectivity index (χ0v) is 17.1. The second kappa shape index (κ2) is 14.1. The molecule has 0 aliphatic rings. The average Bonchev–Trinajstić information content (AvgIpc) is 2.65. The standard InChI is InChI=1S/C15H26N4O7S2/c1-28-5-4-9(15(25)26)18-14(24)10(7-27)19-13(23)8(2-3-12(21)22)17-11(20)6-16/h8-10,27H,2-7,16H2,1H3,(H,17,20)(H,18,24)(H,19,23)(H,21,22)(H,25,26). The second-order valence-electron chi connectivity index (χ2n) is 5.68. The molecule has 0 heterocycles. The van der Waals surface area contributed by atoms with Gasteiger partial charge in [0, 0.05) is 12.2 Å². The number of rotatable bonds is 14. The Morgan fingerprint density at radius 2 is 1.54 bits per heavy atom. The van der Waals surface area contributed by atoms with Gasteiger partial charge in [0.15, 0.2) is 0 Å². The molecule has 13 heteroatoms. The van der Waals surface area contributed by atoms with E-state index in [1.54, 1.807) is 6.26 Å². The Morgan fingerprint density at radius 1 is 0.964 bits per heavy atom. The fourth-order valence-electron chi connectivity index (χ4n) is 2.02. The molecule has 0 aromatic heterocycles. The second-order valence-corrected chi connectivity index (χ2v) is 7.03. The average molecular weight is 439 g/mol. The van der Waals surface area contributed by atoms with E-state index in [1.165, 1.54) is 11.8 Å². The van der Waals surface area contributed by atoms with Crippen LogP contribution in [0.15, 0.2) is 0 Å². The molecule has 0 aromatic rings. The molecule has 0 aliphatic heterocycles. The number of carbonyl (C=O) groups excluding carboxylic acids is 3. The lowest BCUT2D eigenvalue weighted by atomic mass is 10.1. The summed E-state index contributed by atoms with van der Waals surface area (Å²) in [7, 11) is 0. The first-order chi connectivity index (χ1) is 13.2. The first-order valence-corrected chi connectivity index (χ1v) is 10.3. The first-order valence-electron chi connectivity index (χ1n) is 8.30. The van der Waals surface area contributed by atoms with Gasteiger partial charge in [0.05, 0.1) is 6.54 Å². The van der Waals surface area contributed by atoms with Crippen molar-refractivity contribution in [1.29, 1.82) is 0 Å². The lowest BCUT2D eigenvalue weighted by molar-refractivity contribution is -0.142. The number of carbonyl (C=O) groups is 5. The Morgan fingerprint density at radius 3 is 2.00 bits per heavy atom. The molecule has 0 bridgehead atoms. The number of carboxylic acid groups (broad SMARTS) is 2. The van der Waals surface area contributed by atoms with E-state index in [-0.39, 0.29) is 18.6 Å². The molecule has 0 aliphatic carbocycles. The van der Waals surface area contributed by atoms with Crippen molar-refractivity contribution in [2.24, 2.45) is 5.73 Å². The largest absolute Gasteiger partial charge is 0.481 e. The summed E-state index contributed by atoms with van der Waals surface area (Å²) in [6.07, 6.45) is 1.39. The molecular formula is C15H26N4O7S2. The maximum atomic E-state index is 12.4. The van der Waals surface area contributed by atoms with Crippen LogP contribution in [0.4, 0.5) is 0 Å². The highest BCUT2D eigenvalue weighted by molar-refractivity contribution is 7.98. The zero-order chi connectivity index (χ0) is 21.7. The Bertz CT molecular complexity index is 577. The van der Waals surface area contributed by atoms with Gasteiger partial charge in [-0.3, -0.25) is 19.2 Å². The number of hydrogen-bond acceptors (Lipinski definition) is 8. The van der Waals surface area contributed by atoms with Gasteiger partial charge >= 0.3 is 11.9 Å². The minimum atomic E-state index is -1.21. The molecule has 0 saturated carbocycles. The normalized spacial score (nSPS) is 13.7. The van der Waals surface area contributed by atoms with Crippen LogP contribution in [0.25, 0.3) is 0 Å². The fourth-order valence-corrected chi connectivity index (χ4v) is 2.75. The van der Waals surface area contributed by atoms with E-state index in [9.17, 15) is 29.1 Å². The molecular weight excluding hydrogens is 412 g/mol. The Kier molecular flexibility index (Phi) is 13.1. The number of nitrogens with two attached hydrogens (primary N) is 1. The number of hydrogen-bond donors (Lipinski definition) is 7. The van der Waals surface area contributed by atoms with Crippen LogP contribution in [0.1, 0.15) is 19.3 Å². The lowest BCUT2D eigenvalue weighted by Gasteiger charge is -2.23. The predicted octanol–water partition coefficient (Wildman–Crippen LogP) is -1.97. The molecule has 28 heavy (non-hydrogen) atoms. The zero-order valence-electron chi connectivity index (χ0n) is 15.3. The Balaban J connectivity index is 5.05. The van der Waals surface area contributed by atoms with E-state index in [0.29, 0.717) is 5.75 Å². The number of aliphatic carboxylic acids is 2. The van der Waals surface area contributed by atoms with Crippen molar-refractivity contribution in [2.45, 2.75) is 37.4 Å². The summed E-state index contributed by atoms with van der Waals surface area (Å²) in [4.78, 5) is 58.1. The van der Waals surface area contributed by atoms with Crippen molar-refractivity contribution < 1.29 is 34.2 Å². The van der Waals surface area contributed by atoms with Crippen molar-refractivity contribution >= 4 is 54.1 Å². The van der Waals surface area contributed by atoms with Crippen LogP contribution in [0.2, 0.25) is 0 Å². The van der Waals surface area contributed by atoms with Gasteiger partial charge in [-0.2, -0.15) is 24.4 Å². The van der Waals surface area contributed by atoms with Gasteiger partial charge < -0.3 is 31.9 Å². The van der Waals surface area contributed by atoms with Crippen LogP contribution in [0.5, 0.6) is 0 Å². The molecule has 0 radical (unpaired) electrons. The van der Waals surface area contributed by atoms with Crippen LogP contribution >= 0.6 is 24.4 Å². The SMILES string of the molecule is CSCCC(NC(=O)C(CS)NC(=O)C(CCC(=O)O)NC(=O)CN)C(=O)O. The summed E-state index contributed by atoms with van der Waals surface area (Å²) in [5.74, 6) is -4.21. The highest BCUT2D eigenvalue weighted by Crippen LogP contribution is 2.03. The molecule has 0 aromatic carbocycles. The quantitative estimate of drug-likeness (QED) is 0.151. The van der Waals surface area contributed by atoms with Crippen LogP contribution in [-0.4, -0.2) is 82.3 Å². The van der Waals surface area contributed by atoms with Gasteiger partial charge in [0.25, 0.3) is 0 Å². The molecule has 7 N–H and O–H groups in total. The predicted molar refractivity (Wildman–Crippen MR) is 106 cm³/mol. The number of amides is 3. The van der Waals surface area contributed by atoms with Crippen molar-refractivity contribution in [3.8, 4) is 0 Å². The molecule has 3 atom stereocenters. The van der Waals surface area contributed by atoms with Gasteiger partial charge in [-0.05, 0) is 24.9 Å². The first kappa shape index (κ1) is 26.0. The lowest BCUT2D eigenvalue weighted by Crippen LogP contribution is -2.57. The van der Waals surface area contributed by atoms with Gasteiger partial charge in [-0.25, -0.2) is 4.79 Å². The molecule has 160 valence electrons. The summed E-state index contributed by atoms with van der Waals surface area (Å²) in [6.45, 7) is -0.400. The molecule has 0 spiro atoms. The molecule has 3 unspecified atom stereocenters. The molecule has 0 fully saturated rings. The smallest absolute Gasteiger partial charge is 0.326 e. The van der Waals surface area contributed by atoms with Gasteiger partial charge in [-0.15, -0.1) is 0 Å². The van der Waals surface area contributed by atoms with Crippen LogP contribution in [-0.2, 0) is 24.0 Å². The van der Waals surface area contributed by atoms with Crippen LogP contribution in [0, 0.1) is 0 Å². The van der Waals surface area contributed by atoms with Gasteiger partial charge in [0.1, 0.15) is 18.1 Å². The molecule has 0 saturated heterocycles. The summed E-state index contributed by atoms with van der Waals surface area (Å²) >= 11 is 5.41. The van der Waals surface area contributed by atoms with Gasteiger partial charge in [0.2, 0.25) is 17.7 Å². The van der Waals surface area contributed by atoms with Crippen LogP contribution in [0.3, 0.4) is 0 Å². The monoisotopic (exact) mass is 438 g/mol. The number of carboxylic acids is 2. The van der Waals surface area contributed by atoms with Crippen molar-refractivity contribution in [3.05, 3.63) is 0 Å². The summed E-state index contributed by atoms with van der Waals surface area (Å²) in [6, 6.07) is -3.51. The van der Waals surface area contributed by atoms with Crippen LogP contribution < -0.4 is 21.7 Å². The summed E-state index contributed by atoms with van der Waals surface area (Å²) < 4.78 is 0. The third-order valence-corrected chi connectivity index (χ3v) is 4.53. The Hall–Kier alpha value is -1.99. The van der Waals surface area contributed by atoms with E-state index in [1.807, 2.05) is 0 Å². The van der Waals surface area contributed by atoms with E-state index in [0.717, 1.165) is 0 Å².